The molecule has 3 nitrogen and oxygen atoms in total. The van der Waals surface area contributed by atoms with E-state index < -0.39 is 0 Å². The average Bonchev–Trinajstić information content (AvgIpc) is 2.32. The molecule has 1 aromatic heterocycles. The molecular formula is C13H11N3. The van der Waals surface area contributed by atoms with E-state index in [1.54, 1.807) is 18.3 Å². The number of anilines is 1. The molecule has 0 amide bonds. The number of aryl methyl sites for hydroxylation is 1. The first-order valence-corrected chi connectivity index (χ1v) is 4.94. The monoisotopic (exact) mass is 209 g/mol. The Bertz CT molecular complexity index is 568. The minimum atomic E-state index is 0.566. The molecule has 0 unspecified atom stereocenters. The Kier molecular flexibility index (Phi) is 2.57. The summed E-state index contributed by atoms with van der Waals surface area (Å²) in [5.74, 6) is 0. The van der Waals surface area contributed by atoms with Crippen molar-refractivity contribution in [2.24, 2.45) is 0 Å². The Balaban J connectivity index is 2.68. The SMILES string of the molecule is Cc1ccc(N)cc1-c1ncccc1C#N. The van der Waals surface area contributed by atoms with Crippen LogP contribution in [0.3, 0.4) is 0 Å². The van der Waals surface area contributed by atoms with Crippen LogP contribution in [-0.2, 0) is 0 Å². The van der Waals surface area contributed by atoms with Gasteiger partial charge in [0.1, 0.15) is 6.07 Å². The Morgan fingerprint density at radius 3 is 2.88 bits per heavy atom. The average molecular weight is 209 g/mol. The molecule has 0 spiro atoms. The van der Waals surface area contributed by atoms with Crippen LogP contribution < -0.4 is 5.73 Å². The Morgan fingerprint density at radius 1 is 1.31 bits per heavy atom. The topological polar surface area (TPSA) is 62.7 Å². The number of nitrogens with zero attached hydrogens (tertiary/aromatic N) is 2. The quantitative estimate of drug-likeness (QED) is 0.734. The second kappa shape index (κ2) is 4.03. The Labute approximate surface area is 94.2 Å². The lowest BCUT2D eigenvalue weighted by Gasteiger charge is -2.07. The van der Waals surface area contributed by atoms with Crippen molar-refractivity contribution >= 4 is 5.69 Å². The van der Waals surface area contributed by atoms with Crippen molar-refractivity contribution in [3.05, 3.63) is 47.7 Å². The molecule has 3 heteroatoms. The zero-order valence-corrected chi connectivity index (χ0v) is 8.94. The van der Waals surface area contributed by atoms with E-state index in [4.69, 9.17) is 11.0 Å². The van der Waals surface area contributed by atoms with Gasteiger partial charge >= 0.3 is 0 Å². The molecule has 78 valence electrons. The van der Waals surface area contributed by atoms with E-state index in [1.807, 2.05) is 25.1 Å². The molecule has 0 saturated heterocycles. The number of pyridine rings is 1. The second-order valence-electron chi connectivity index (χ2n) is 3.59. The summed E-state index contributed by atoms with van der Waals surface area (Å²) in [5, 5.41) is 9.02. The number of nitrogens with two attached hydrogens (primary N) is 1. The first kappa shape index (κ1) is 10.2. The first-order chi connectivity index (χ1) is 7.72. The van der Waals surface area contributed by atoms with Crippen LogP contribution >= 0.6 is 0 Å². The van der Waals surface area contributed by atoms with Crippen LogP contribution in [0.5, 0.6) is 0 Å². The minimum absolute atomic E-state index is 0.566. The van der Waals surface area contributed by atoms with E-state index in [9.17, 15) is 0 Å². The molecule has 0 radical (unpaired) electrons. The zero-order chi connectivity index (χ0) is 11.5. The minimum Gasteiger partial charge on any atom is -0.399 e. The van der Waals surface area contributed by atoms with Crippen molar-refractivity contribution in [3.8, 4) is 17.3 Å². The molecule has 2 aromatic rings. The maximum absolute atomic E-state index is 9.02. The van der Waals surface area contributed by atoms with Gasteiger partial charge in [-0.15, -0.1) is 0 Å². The molecule has 0 aliphatic carbocycles. The maximum atomic E-state index is 9.02. The van der Waals surface area contributed by atoms with Gasteiger partial charge in [-0.2, -0.15) is 5.26 Å². The van der Waals surface area contributed by atoms with Crippen LogP contribution in [0.4, 0.5) is 5.69 Å². The third-order valence-corrected chi connectivity index (χ3v) is 2.44. The van der Waals surface area contributed by atoms with E-state index in [0.29, 0.717) is 16.9 Å². The summed E-state index contributed by atoms with van der Waals surface area (Å²) in [6.07, 6.45) is 1.68. The number of aromatic nitrogens is 1. The van der Waals surface area contributed by atoms with Gasteiger partial charge in [0.15, 0.2) is 0 Å². The highest BCUT2D eigenvalue weighted by Gasteiger charge is 2.08. The third-order valence-electron chi connectivity index (χ3n) is 2.44. The van der Waals surface area contributed by atoms with E-state index in [2.05, 4.69) is 11.1 Å². The number of rotatable bonds is 1. The van der Waals surface area contributed by atoms with E-state index in [0.717, 1.165) is 11.1 Å². The largest absolute Gasteiger partial charge is 0.399 e. The van der Waals surface area contributed by atoms with E-state index in [1.165, 1.54) is 0 Å². The summed E-state index contributed by atoms with van der Waals surface area (Å²) in [7, 11) is 0. The Hall–Kier alpha value is -2.34. The summed E-state index contributed by atoms with van der Waals surface area (Å²) in [6.45, 7) is 1.98. The molecule has 0 aliphatic rings. The highest BCUT2D eigenvalue weighted by molar-refractivity contribution is 5.72. The van der Waals surface area contributed by atoms with Crippen molar-refractivity contribution in [2.45, 2.75) is 6.92 Å². The van der Waals surface area contributed by atoms with Crippen molar-refractivity contribution in [1.29, 1.82) is 5.26 Å². The Morgan fingerprint density at radius 2 is 2.12 bits per heavy atom. The lowest BCUT2D eigenvalue weighted by Crippen LogP contribution is -1.93. The summed E-state index contributed by atoms with van der Waals surface area (Å²) >= 11 is 0. The smallest absolute Gasteiger partial charge is 0.101 e. The zero-order valence-electron chi connectivity index (χ0n) is 8.94. The fourth-order valence-corrected chi connectivity index (χ4v) is 1.60. The molecular weight excluding hydrogens is 198 g/mol. The summed E-state index contributed by atoms with van der Waals surface area (Å²) in [4.78, 5) is 4.24. The summed E-state index contributed by atoms with van der Waals surface area (Å²) in [6, 6.07) is 11.3. The van der Waals surface area contributed by atoms with Gasteiger partial charge in [0.25, 0.3) is 0 Å². The standard InChI is InChI=1S/C13H11N3/c1-9-4-5-11(15)7-12(9)13-10(8-14)3-2-6-16-13/h2-7H,15H2,1H3. The number of hydrogen-bond acceptors (Lipinski definition) is 3. The number of nitrogen functional groups attached to an aromatic ring is 1. The van der Waals surface area contributed by atoms with E-state index in [-0.39, 0.29) is 0 Å². The van der Waals surface area contributed by atoms with Crippen molar-refractivity contribution in [2.75, 3.05) is 5.73 Å². The first-order valence-electron chi connectivity index (χ1n) is 4.94. The van der Waals surface area contributed by atoms with Gasteiger partial charge in [0.2, 0.25) is 0 Å². The molecule has 1 aromatic carbocycles. The molecule has 0 aliphatic heterocycles. The fourth-order valence-electron chi connectivity index (χ4n) is 1.60. The lowest BCUT2D eigenvalue weighted by atomic mass is 10.0. The molecule has 0 atom stereocenters. The molecule has 0 bridgehead atoms. The van der Waals surface area contributed by atoms with Crippen molar-refractivity contribution < 1.29 is 0 Å². The summed E-state index contributed by atoms with van der Waals surface area (Å²) in [5.41, 5.74) is 9.65. The predicted molar refractivity (Wildman–Crippen MR) is 63.5 cm³/mol. The number of hydrogen-bond donors (Lipinski definition) is 1. The van der Waals surface area contributed by atoms with Crippen LogP contribution in [0.15, 0.2) is 36.5 Å². The molecule has 2 rings (SSSR count). The van der Waals surface area contributed by atoms with Crippen LogP contribution in [0.1, 0.15) is 11.1 Å². The fraction of sp³-hybridized carbons (Fsp3) is 0.0769. The summed E-state index contributed by atoms with van der Waals surface area (Å²) < 4.78 is 0. The van der Waals surface area contributed by atoms with Gasteiger partial charge in [0, 0.05) is 17.4 Å². The van der Waals surface area contributed by atoms with Crippen LogP contribution in [0, 0.1) is 18.3 Å². The van der Waals surface area contributed by atoms with Crippen molar-refractivity contribution in [3.63, 3.8) is 0 Å². The van der Waals surface area contributed by atoms with Crippen LogP contribution in [0.25, 0.3) is 11.3 Å². The molecule has 0 fully saturated rings. The highest BCUT2D eigenvalue weighted by Crippen LogP contribution is 2.26. The second-order valence-corrected chi connectivity index (χ2v) is 3.59. The van der Waals surface area contributed by atoms with Gasteiger partial charge in [0.05, 0.1) is 11.3 Å². The van der Waals surface area contributed by atoms with Crippen molar-refractivity contribution in [1.82, 2.24) is 4.98 Å². The molecule has 2 N–H and O–H groups in total. The van der Waals surface area contributed by atoms with Crippen LogP contribution in [0.2, 0.25) is 0 Å². The predicted octanol–water partition coefficient (Wildman–Crippen LogP) is 2.51. The number of benzene rings is 1. The maximum Gasteiger partial charge on any atom is 0.101 e. The molecule has 1 heterocycles. The number of nitriles is 1. The third kappa shape index (κ3) is 1.73. The van der Waals surface area contributed by atoms with E-state index >= 15 is 0 Å². The van der Waals surface area contributed by atoms with Crippen LogP contribution in [-0.4, -0.2) is 4.98 Å². The molecule has 0 saturated carbocycles. The molecule has 16 heavy (non-hydrogen) atoms. The van der Waals surface area contributed by atoms with Gasteiger partial charge in [-0.05, 0) is 36.8 Å². The van der Waals surface area contributed by atoms with Gasteiger partial charge in [-0.25, -0.2) is 0 Å². The highest BCUT2D eigenvalue weighted by atomic mass is 14.7. The van der Waals surface area contributed by atoms with Gasteiger partial charge in [-0.1, -0.05) is 6.07 Å². The van der Waals surface area contributed by atoms with Gasteiger partial charge < -0.3 is 5.73 Å². The normalized spacial score (nSPS) is 9.75. The van der Waals surface area contributed by atoms with Gasteiger partial charge in [-0.3, -0.25) is 4.98 Å². The lowest BCUT2D eigenvalue weighted by molar-refractivity contribution is 1.28.